The average molecular weight is 934 g/mol. The lowest BCUT2D eigenvalue weighted by molar-refractivity contribution is -0.167. The van der Waals surface area contributed by atoms with E-state index in [2.05, 4.69) is 20.8 Å². The molecule has 392 valence electrons. The van der Waals surface area contributed by atoms with Gasteiger partial charge < -0.3 is 14.2 Å². The first-order chi connectivity index (χ1) is 32.5. The third kappa shape index (κ3) is 53.4. The molecule has 0 aromatic carbocycles. The van der Waals surface area contributed by atoms with Crippen LogP contribution >= 0.6 is 0 Å². The third-order valence-electron chi connectivity index (χ3n) is 13.9. The molecular formula is C60H116O6. The van der Waals surface area contributed by atoms with Gasteiger partial charge in [-0.2, -0.15) is 0 Å². The maximum atomic E-state index is 12.7. The minimum absolute atomic E-state index is 0.0623. The number of unbranched alkanes of at least 4 members (excludes halogenated alkanes) is 45. The maximum absolute atomic E-state index is 12.7. The van der Waals surface area contributed by atoms with Gasteiger partial charge in [-0.25, -0.2) is 0 Å². The zero-order valence-corrected chi connectivity index (χ0v) is 45.0. The zero-order chi connectivity index (χ0) is 47.9. The molecule has 0 saturated heterocycles. The second-order valence-electron chi connectivity index (χ2n) is 20.6. The summed E-state index contributed by atoms with van der Waals surface area (Å²) in [4.78, 5) is 37.8. The van der Waals surface area contributed by atoms with Crippen LogP contribution in [0.5, 0.6) is 0 Å². The quantitative estimate of drug-likeness (QED) is 0.0343. The second-order valence-corrected chi connectivity index (χ2v) is 20.6. The van der Waals surface area contributed by atoms with Gasteiger partial charge in [-0.05, 0) is 19.3 Å². The van der Waals surface area contributed by atoms with Gasteiger partial charge in [0.25, 0.3) is 0 Å². The van der Waals surface area contributed by atoms with Crippen molar-refractivity contribution in [2.75, 3.05) is 13.2 Å². The molecule has 1 unspecified atom stereocenters. The van der Waals surface area contributed by atoms with Crippen LogP contribution < -0.4 is 0 Å². The number of carbonyl (C=O) groups is 3. The third-order valence-corrected chi connectivity index (χ3v) is 13.9. The first-order valence-electron chi connectivity index (χ1n) is 30.0. The van der Waals surface area contributed by atoms with Gasteiger partial charge in [0.1, 0.15) is 13.2 Å². The summed E-state index contributed by atoms with van der Waals surface area (Å²) in [5, 5.41) is 0. The van der Waals surface area contributed by atoms with Crippen LogP contribution in [0.2, 0.25) is 0 Å². The molecule has 0 rings (SSSR count). The fourth-order valence-electron chi connectivity index (χ4n) is 9.33. The Bertz CT molecular complexity index is 982. The van der Waals surface area contributed by atoms with Crippen molar-refractivity contribution in [2.45, 2.75) is 354 Å². The molecule has 0 aliphatic heterocycles. The van der Waals surface area contributed by atoms with E-state index in [1.54, 1.807) is 0 Å². The Balaban J connectivity index is 3.91. The maximum Gasteiger partial charge on any atom is 0.306 e. The molecule has 0 saturated carbocycles. The summed E-state index contributed by atoms with van der Waals surface area (Å²) in [6.07, 6.45) is 62.9. The Morgan fingerprint density at radius 3 is 0.606 bits per heavy atom. The first kappa shape index (κ1) is 64.4. The summed E-state index contributed by atoms with van der Waals surface area (Å²) in [7, 11) is 0. The highest BCUT2D eigenvalue weighted by Crippen LogP contribution is 2.18. The summed E-state index contributed by atoms with van der Waals surface area (Å²) >= 11 is 0. The summed E-state index contributed by atoms with van der Waals surface area (Å²) in [6, 6.07) is 0. The first-order valence-corrected chi connectivity index (χ1v) is 30.0. The van der Waals surface area contributed by atoms with E-state index in [4.69, 9.17) is 14.2 Å². The van der Waals surface area contributed by atoms with Gasteiger partial charge in [0.15, 0.2) is 6.10 Å². The van der Waals surface area contributed by atoms with Gasteiger partial charge >= 0.3 is 17.9 Å². The molecule has 0 amide bonds. The lowest BCUT2D eigenvalue weighted by Crippen LogP contribution is -2.30. The fraction of sp³-hybridized carbons (Fsp3) is 0.950. The van der Waals surface area contributed by atoms with Gasteiger partial charge in [0.05, 0.1) is 0 Å². The lowest BCUT2D eigenvalue weighted by Gasteiger charge is -2.18. The van der Waals surface area contributed by atoms with Crippen LogP contribution in [-0.4, -0.2) is 37.2 Å². The Morgan fingerprint density at radius 2 is 0.409 bits per heavy atom. The standard InChI is InChI=1S/C60H116O6/c1-4-7-10-13-16-19-21-22-23-24-25-26-27-28-29-30-31-32-33-34-35-36-37-38-39-40-42-44-47-50-53-59(62)65-56-57(55-64-58(61)52-49-46-43-18-15-12-9-6-3)66-60(63)54-51-48-45-41-20-17-14-11-8-5-2/h57H,4-56H2,1-3H3. The van der Waals surface area contributed by atoms with E-state index in [-0.39, 0.29) is 31.1 Å². The zero-order valence-electron chi connectivity index (χ0n) is 45.0. The smallest absolute Gasteiger partial charge is 0.306 e. The van der Waals surface area contributed by atoms with Crippen LogP contribution in [0.15, 0.2) is 0 Å². The molecule has 0 spiro atoms. The van der Waals surface area contributed by atoms with E-state index in [0.29, 0.717) is 19.3 Å². The number of hydrogen-bond donors (Lipinski definition) is 0. The second kappa shape index (κ2) is 56.0. The molecule has 6 nitrogen and oxygen atoms in total. The van der Waals surface area contributed by atoms with Gasteiger partial charge in [-0.3, -0.25) is 14.4 Å². The minimum atomic E-state index is -0.759. The van der Waals surface area contributed by atoms with Crippen molar-refractivity contribution in [1.82, 2.24) is 0 Å². The van der Waals surface area contributed by atoms with Crippen LogP contribution in [-0.2, 0) is 28.6 Å². The topological polar surface area (TPSA) is 78.9 Å². The summed E-state index contributed by atoms with van der Waals surface area (Å²) in [5.41, 5.74) is 0. The van der Waals surface area contributed by atoms with Crippen molar-refractivity contribution in [2.24, 2.45) is 0 Å². The van der Waals surface area contributed by atoms with E-state index in [9.17, 15) is 14.4 Å². The normalized spacial score (nSPS) is 11.9. The van der Waals surface area contributed by atoms with Crippen LogP contribution in [0.4, 0.5) is 0 Å². The number of hydrogen-bond acceptors (Lipinski definition) is 6. The summed E-state index contributed by atoms with van der Waals surface area (Å²) < 4.78 is 16.8. The number of carbonyl (C=O) groups excluding carboxylic acids is 3. The number of rotatable bonds is 56. The van der Waals surface area contributed by atoms with Crippen molar-refractivity contribution >= 4 is 17.9 Å². The van der Waals surface area contributed by atoms with Crippen molar-refractivity contribution in [3.05, 3.63) is 0 Å². The van der Waals surface area contributed by atoms with Gasteiger partial charge in [-0.15, -0.1) is 0 Å². The predicted octanol–water partition coefficient (Wildman–Crippen LogP) is 19.9. The lowest BCUT2D eigenvalue weighted by atomic mass is 10.0. The molecule has 66 heavy (non-hydrogen) atoms. The SMILES string of the molecule is CCCCCCCCCCCCCCCCCCCCCCCCCCCCCCCCC(=O)OCC(COC(=O)CCCCCCCCCC)OC(=O)CCCCCCCCCCCC. The minimum Gasteiger partial charge on any atom is -0.462 e. The number of esters is 3. The molecule has 1 atom stereocenters. The molecule has 0 aliphatic carbocycles. The van der Waals surface area contributed by atoms with Crippen molar-refractivity contribution < 1.29 is 28.6 Å². The van der Waals surface area contributed by atoms with Crippen molar-refractivity contribution in [1.29, 1.82) is 0 Å². The van der Waals surface area contributed by atoms with E-state index in [0.717, 1.165) is 57.8 Å². The highest BCUT2D eigenvalue weighted by Gasteiger charge is 2.19. The predicted molar refractivity (Wildman–Crippen MR) is 284 cm³/mol. The highest BCUT2D eigenvalue weighted by atomic mass is 16.6. The highest BCUT2D eigenvalue weighted by molar-refractivity contribution is 5.71. The molecule has 0 fully saturated rings. The van der Waals surface area contributed by atoms with Crippen molar-refractivity contribution in [3.8, 4) is 0 Å². The molecule has 6 heteroatoms. The molecule has 0 aromatic heterocycles. The molecule has 0 aromatic rings. The van der Waals surface area contributed by atoms with Crippen LogP contribution in [0, 0.1) is 0 Å². The van der Waals surface area contributed by atoms with Gasteiger partial charge in [-0.1, -0.05) is 310 Å². The summed E-state index contributed by atoms with van der Waals surface area (Å²) in [6.45, 7) is 6.65. The summed E-state index contributed by atoms with van der Waals surface area (Å²) in [5.74, 6) is -0.846. The Kier molecular flexibility index (Phi) is 54.7. The Morgan fingerprint density at radius 1 is 0.242 bits per heavy atom. The molecule has 0 N–H and O–H groups in total. The molecule has 0 aliphatic rings. The van der Waals surface area contributed by atoms with Crippen molar-refractivity contribution in [3.63, 3.8) is 0 Å². The van der Waals surface area contributed by atoms with E-state index in [1.807, 2.05) is 0 Å². The molecule has 0 heterocycles. The van der Waals surface area contributed by atoms with Gasteiger partial charge in [0, 0.05) is 19.3 Å². The van der Waals surface area contributed by atoms with E-state index < -0.39 is 6.10 Å². The van der Waals surface area contributed by atoms with Crippen LogP contribution in [0.3, 0.4) is 0 Å². The van der Waals surface area contributed by atoms with E-state index >= 15 is 0 Å². The number of ether oxygens (including phenoxy) is 3. The van der Waals surface area contributed by atoms with Crippen LogP contribution in [0.1, 0.15) is 348 Å². The molecule has 0 radical (unpaired) electrons. The Labute approximate surface area is 412 Å². The van der Waals surface area contributed by atoms with E-state index in [1.165, 1.54) is 250 Å². The largest absolute Gasteiger partial charge is 0.462 e. The molecule has 0 bridgehead atoms. The Hall–Kier alpha value is -1.59. The monoisotopic (exact) mass is 933 g/mol. The van der Waals surface area contributed by atoms with Crippen LogP contribution in [0.25, 0.3) is 0 Å². The van der Waals surface area contributed by atoms with Gasteiger partial charge in [0.2, 0.25) is 0 Å². The fourth-order valence-corrected chi connectivity index (χ4v) is 9.33. The molecular weight excluding hydrogens is 817 g/mol. The average Bonchev–Trinajstić information content (AvgIpc) is 3.31.